The molecular weight excluding hydrogens is 336 g/mol. The van der Waals surface area contributed by atoms with Gasteiger partial charge < -0.3 is 5.32 Å². The predicted molar refractivity (Wildman–Crippen MR) is 77.2 cm³/mol. The number of hydrogen-bond donors (Lipinski definition) is 2. The van der Waals surface area contributed by atoms with Crippen LogP contribution in [0.25, 0.3) is 0 Å². The van der Waals surface area contributed by atoms with Gasteiger partial charge >= 0.3 is 0 Å². The fourth-order valence-electron chi connectivity index (χ4n) is 1.49. The van der Waals surface area contributed by atoms with Gasteiger partial charge in [-0.2, -0.15) is 0 Å². The lowest BCUT2D eigenvalue weighted by molar-refractivity contribution is 0.598. The smallest absolute Gasteiger partial charge is 0.240 e. The topological polar surface area (TPSA) is 72.2 Å². The molecule has 0 saturated heterocycles. The largest absolute Gasteiger partial charge is 0.379 e. The predicted octanol–water partition coefficient (Wildman–Crippen LogP) is 2.77. The molecule has 0 aliphatic heterocycles. The van der Waals surface area contributed by atoms with Crippen LogP contribution in [0.15, 0.2) is 45.1 Å². The Morgan fingerprint density at radius 3 is 2.56 bits per heavy atom. The van der Waals surface area contributed by atoms with E-state index in [1.54, 1.807) is 29.5 Å². The molecule has 0 unspecified atom stereocenters. The van der Waals surface area contributed by atoms with Crippen molar-refractivity contribution in [2.45, 2.75) is 11.4 Å². The number of para-hydroxylation sites is 1. The van der Waals surface area contributed by atoms with Crippen molar-refractivity contribution in [3.05, 3.63) is 45.1 Å². The average Bonchev–Trinajstić information content (AvgIpc) is 2.72. The molecular formula is C11H11BrN2O2S2. The van der Waals surface area contributed by atoms with E-state index in [-0.39, 0.29) is 4.90 Å². The lowest BCUT2D eigenvalue weighted by Gasteiger charge is -2.09. The molecule has 1 aromatic carbocycles. The molecule has 0 radical (unpaired) electrons. The Kier molecular flexibility index (Phi) is 4.06. The Morgan fingerprint density at radius 1 is 1.22 bits per heavy atom. The van der Waals surface area contributed by atoms with E-state index in [4.69, 9.17) is 5.14 Å². The summed E-state index contributed by atoms with van der Waals surface area (Å²) in [6, 6.07) is 10.5. The Balaban J connectivity index is 2.20. The van der Waals surface area contributed by atoms with Gasteiger partial charge in [-0.25, -0.2) is 13.6 Å². The van der Waals surface area contributed by atoms with E-state index < -0.39 is 10.0 Å². The molecule has 0 spiro atoms. The minimum absolute atomic E-state index is 0.112. The van der Waals surface area contributed by atoms with Crippen LogP contribution in [0.2, 0.25) is 0 Å². The van der Waals surface area contributed by atoms with Crippen molar-refractivity contribution in [2.24, 2.45) is 5.14 Å². The minimum atomic E-state index is -3.70. The minimum Gasteiger partial charge on any atom is -0.379 e. The summed E-state index contributed by atoms with van der Waals surface area (Å²) in [5.41, 5.74) is 0.518. The molecule has 0 saturated carbocycles. The number of sulfonamides is 1. The summed E-state index contributed by atoms with van der Waals surface area (Å²) in [5.74, 6) is 0. The van der Waals surface area contributed by atoms with Gasteiger partial charge in [0.15, 0.2) is 0 Å². The van der Waals surface area contributed by atoms with Crippen molar-refractivity contribution in [1.29, 1.82) is 0 Å². The second-order valence-corrected chi connectivity index (χ2v) is 7.68. The summed E-state index contributed by atoms with van der Waals surface area (Å²) in [6.45, 7) is 0.558. The Labute approximate surface area is 118 Å². The third kappa shape index (κ3) is 3.32. The van der Waals surface area contributed by atoms with Gasteiger partial charge in [-0.05, 0) is 40.2 Å². The first-order valence-corrected chi connectivity index (χ1v) is 8.22. The Bertz CT molecular complexity index is 653. The van der Waals surface area contributed by atoms with Gasteiger partial charge in [-0.1, -0.05) is 12.1 Å². The highest BCUT2D eigenvalue weighted by Gasteiger charge is 2.12. The van der Waals surface area contributed by atoms with Crippen molar-refractivity contribution >= 4 is 43.0 Å². The number of benzene rings is 1. The highest BCUT2D eigenvalue weighted by atomic mass is 79.9. The van der Waals surface area contributed by atoms with Crippen LogP contribution in [-0.4, -0.2) is 8.42 Å². The average molecular weight is 347 g/mol. The second-order valence-electron chi connectivity index (χ2n) is 3.60. The molecule has 7 heteroatoms. The molecule has 1 heterocycles. The standard InChI is InChI=1S/C11H11BrN2O2S2/c12-11-6-5-8(17-11)7-14-9-3-1-2-4-10(9)18(13,15)16/h1-6,14H,7H2,(H2,13,15,16). The number of rotatable bonds is 4. The van der Waals surface area contributed by atoms with E-state index in [1.165, 1.54) is 6.07 Å². The third-order valence-electron chi connectivity index (χ3n) is 2.28. The first-order chi connectivity index (χ1) is 8.47. The van der Waals surface area contributed by atoms with E-state index in [2.05, 4.69) is 21.2 Å². The Hall–Kier alpha value is -0.890. The highest BCUT2D eigenvalue weighted by Crippen LogP contribution is 2.24. The van der Waals surface area contributed by atoms with E-state index in [9.17, 15) is 8.42 Å². The molecule has 0 fully saturated rings. The lowest BCUT2D eigenvalue weighted by atomic mass is 10.3. The van der Waals surface area contributed by atoms with Crippen LogP contribution in [0.3, 0.4) is 0 Å². The fourth-order valence-corrected chi connectivity index (χ4v) is 3.63. The van der Waals surface area contributed by atoms with E-state index >= 15 is 0 Å². The van der Waals surface area contributed by atoms with Gasteiger partial charge in [-0.15, -0.1) is 11.3 Å². The molecule has 4 nitrogen and oxygen atoms in total. The number of halogens is 1. The molecule has 0 aliphatic rings. The molecule has 0 bridgehead atoms. The van der Waals surface area contributed by atoms with Crippen molar-refractivity contribution in [3.63, 3.8) is 0 Å². The van der Waals surface area contributed by atoms with Crippen LogP contribution < -0.4 is 10.5 Å². The van der Waals surface area contributed by atoms with Gasteiger partial charge in [0, 0.05) is 11.4 Å². The zero-order valence-corrected chi connectivity index (χ0v) is 12.5. The fraction of sp³-hybridized carbons (Fsp3) is 0.0909. The number of nitrogens with one attached hydrogen (secondary N) is 1. The molecule has 2 rings (SSSR count). The summed E-state index contributed by atoms with van der Waals surface area (Å²) >= 11 is 4.97. The summed E-state index contributed by atoms with van der Waals surface area (Å²) in [5, 5.41) is 8.24. The summed E-state index contributed by atoms with van der Waals surface area (Å²) in [7, 11) is -3.70. The number of nitrogens with two attached hydrogens (primary N) is 1. The summed E-state index contributed by atoms with van der Waals surface area (Å²) in [4.78, 5) is 1.21. The van der Waals surface area contributed by atoms with Crippen LogP contribution in [0, 0.1) is 0 Å². The number of hydrogen-bond acceptors (Lipinski definition) is 4. The van der Waals surface area contributed by atoms with Gasteiger partial charge in [0.2, 0.25) is 10.0 Å². The van der Waals surface area contributed by atoms with Crippen molar-refractivity contribution in [2.75, 3.05) is 5.32 Å². The van der Waals surface area contributed by atoms with Crippen LogP contribution in [0.5, 0.6) is 0 Å². The van der Waals surface area contributed by atoms with Crippen molar-refractivity contribution < 1.29 is 8.42 Å². The quantitative estimate of drug-likeness (QED) is 0.893. The third-order valence-corrected chi connectivity index (χ3v) is 4.87. The molecule has 1 aromatic heterocycles. The summed E-state index contributed by atoms with van der Waals surface area (Å²) < 4.78 is 23.8. The van der Waals surface area contributed by atoms with Crippen LogP contribution in [0.1, 0.15) is 4.88 Å². The van der Waals surface area contributed by atoms with Gasteiger partial charge in [0.05, 0.1) is 9.47 Å². The Morgan fingerprint density at radius 2 is 1.94 bits per heavy atom. The monoisotopic (exact) mass is 346 g/mol. The van der Waals surface area contributed by atoms with Gasteiger partial charge in [-0.3, -0.25) is 0 Å². The first kappa shape index (κ1) is 13.5. The zero-order valence-electron chi connectivity index (χ0n) is 9.26. The molecule has 18 heavy (non-hydrogen) atoms. The molecule has 3 N–H and O–H groups in total. The highest BCUT2D eigenvalue weighted by molar-refractivity contribution is 9.11. The molecule has 0 atom stereocenters. The molecule has 0 amide bonds. The van der Waals surface area contributed by atoms with Gasteiger partial charge in [0.25, 0.3) is 0 Å². The second kappa shape index (κ2) is 5.40. The number of primary sulfonamides is 1. The van der Waals surface area contributed by atoms with Crippen molar-refractivity contribution in [1.82, 2.24) is 0 Å². The maximum absolute atomic E-state index is 11.4. The zero-order chi connectivity index (χ0) is 13.2. The van der Waals surface area contributed by atoms with E-state index in [0.29, 0.717) is 12.2 Å². The summed E-state index contributed by atoms with van der Waals surface area (Å²) in [6.07, 6.45) is 0. The van der Waals surface area contributed by atoms with Crippen molar-refractivity contribution in [3.8, 4) is 0 Å². The molecule has 96 valence electrons. The number of anilines is 1. The van der Waals surface area contributed by atoms with Crippen LogP contribution in [0.4, 0.5) is 5.69 Å². The molecule has 0 aliphatic carbocycles. The lowest BCUT2D eigenvalue weighted by Crippen LogP contribution is -2.14. The molecule has 2 aromatic rings. The maximum Gasteiger partial charge on any atom is 0.240 e. The van der Waals surface area contributed by atoms with E-state index in [1.807, 2.05) is 12.1 Å². The van der Waals surface area contributed by atoms with Crippen LogP contribution >= 0.6 is 27.3 Å². The van der Waals surface area contributed by atoms with Crippen LogP contribution in [-0.2, 0) is 16.6 Å². The SMILES string of the molecule is NS(=O)(=O)c1ccccc1NCc1ccc(Br)s1. The maximum atomic E-state index is 11.4. The number of thiophene rings is 1. The van der Waals surface area contributed by atoms with Gasteiger partial charge in [0.1, 0.15) is 4.90 Å². The normalized spacial score (nSPS) is 11.4. The first-order valence-electron chi connectivity index (χ1n) is 5.07. The van der Waals surface area contributed by atoms with E-state index in [0.717, 1.165) is 8.66 Å².